The monoisotopic (exact) mass is 326 g/mol. The molecule has 1 aliphatic rings. The van der Waals surface area contributed by atoms with E-state index in [4.69, 9.17) is 0 Å². The van der Waals surface area contributed by atoms with Gasteiger partial charge in [-0.3, -0.25) is 4.72 Å². The predicted molar refractivity (Wildman–Crippen MR) is 83.1 cm³/mol. The Labute approximate surface area is 128 Å². The molecule has 2 heterocycles. The van der Waals surface area contributed by atoms with Gasteiger partial charge in [0.15, 0.2) is 5.13 Å². The SMILES string of the molecule is CNCc1cc(S(=O)(=O)Nc2nc(C)cs2)cn1C1CC1. The maximum Gasteiger partial charge on any atom is 0.265 e. The number of hydrogen-bond acceptors (Lipinski definition) is 5. The van der Waals surface area contributed by atoms with Crippen molar-refractivity contribution in [1.29, 1.82) is 0 Å². The molecule has 114 valence electrons. The molecule has 0 spiro atoms. The van der Waals surface area contributed by atoms with Crippen molar-refractivity contribution in [2.24, 2.45) is 0 Å². The molecular weight excluding hydrogens is 308 g/mol. The molecule has 0 saturated heterocycles. The van der Waals surface area contributed by atoms with Gasteiger partial charge < -0.3 is 9.88 Å². The van der Waals surface area contributed by atoms with Crippen molar-refractivity contribution in [3.8, 4) is 0 Å². The molecule has 0 unspecified atom stereocenters. The van der Waals surface area contributed by atoms with Crippen molar-refractivity contribution in [2.45, 2.75) is 37.2 Å². The number of thiazole rings is 1. The number of aromatic nitrogens is 2. The van der Waals surface area contributed by atoms with Crippen LogP contribution in [0.5, 0.6) is 0 Å². The molecule has 0 amide bonds. The maximum atomic E-state index is 12.4. The zero-order valence-corrected chi connectivity index (χ0v) is 13.6. The van der Waals surface area contributed by atoms with Crippen LogP contribution in [-0.4, -0.2) is 25.0 Å². The number of hydrogen-bond donors (Lipinski definition) is 2. The van der Waals surface area contributed by atoms with Crippen LogP contribution < -0.4 is 10.0 Å². The number of rotatable bonds is 6. The lowest BCUT2D eigenvalue weighted by molar-refractivity contribution is 0.600. The van der Waals surface area contributed by atoms with Gasteiger partial charge >= 0.3 is 0 Å². The molecule has 6 nitrogen and oxygen atoms in total. The Kier molecular flexibility index (Phi) is 3.76. The van der Waals surface area contributed by atoms with Crippen molar-refractivity contribution >= 4 is 26.5 Å². The first-order valence-corrected chi connectivity index (χ1v) is 9.16. The van der Waals surface area contributed by atoms with E-state index in [0.29, 0.717) is 22.6 Å². The molecule has 0 atom stereocenters. The number of nitrogens with one attached hydrogen (secondary N) is 2. The van der Waals surface area contributed by atoms with Crippen LogP contribution in [0.3, 0.4) is 0 Å². The molecular formula is C13H18N4O2S2. The zero-order valence-electron chi connectivity index (χ0n) is 12.0. The van der Waals surface area contributed by atoms with Crippen LogP contribution in [-0.2, 0) is 16.6 Å². The normalized spacial score (nSPS) is 15.3. The first-order chi connectivity index (χ1) is 9.99. The molecule has 0 radical (unpaired) electrons. The van der Waals surface area contributed by atoms with E-state index in [2.05, 4.69) is 19.6 Å². The zero-order chi connectivity index (χ0) is 15.0. The van der Waals surface area contributed by atoms with Crippen LogP contribution in [0.4, 0.5) is 5.13 Å². The summed E-state index contributed by atoms with van der Waals surface area (Å²) in [6.07, 6.45) is 3.96. The number of sulfonamides is 1. The highest BCUT2D eigenvalue weighted by Crippen LogP contribution is 2.37. The standard InChI is InChI=1S/C13H18N4O2S2/c1-9-8-20-13(15-9)16-21(18,19)12-5-11(6-14-2)17(7-12)10-3-4-10/h5,7-8,10,14H,3-4,6H2,1-2H3,(H,15,16). The Balaban J connectivity index is 1.89. The lowest BCUT2D eigenvalue weighted by Crippen LogP contribution is -2.12. The molecule has 3 rings (SSSR count). The summed E-state index contributed by atoms with van der Waals surface area (Å²) in [5.74, 6) is 0. The molecule has 21 heavy (non-hydrogen) atoms. The highest BCUT2D eigenvalue weighted by molar-refractivity contribution is 7.93. The van der Waals surface area contributed by atoms with E-state index < -0.39 is 10.0 Å². The van der Waals surface area contributed by atoms with Crippen molar-refractivity contribution in [2.75, 3.05) is 11.8 Å². The van der Waals surface area contributed by atoms with Crippen LogP contribution in [0.25, 0.3) is 0 Å². The average molecular weight is 326 g/mol. The van der Waals surface area contributed by atoms with Gasteiger partial charge in [0, 0.05) is 29.9 Å². The Morgan fingerprint density at radius 3 is 2.81 bits per heavy atom. The van der Waals surface area contributed by atoms with Crippen molar-refractivity contribution in [1.82, 2.24) is 14.9 Å². The first kappa shape index (κ1) is 14.6. The molecule has 2 aromatic heterocycles. The summed E-state index contributed by atoms with van der Waals surface area (Å²) >= 11 is 1.29. The van der Waals surface area contributed by atoms with E-state index in [-0.39, 0.29) is 0 Å². The van der Waals surface area contributed by atoms with E-state index in [1.807, 2.05) is 19.4 Å². The van der Waals surface area contributed by atoms with Gasteiger partial charge in [-0.2, -0.15) is 0 Å². The van der Waals surface area contributed by atoms with E-state index in [0.717, 1.165) is 24.2 Å². The lowest BCUT2D eigenvalue weighted by atomic mass is 10.4. The quantitative estimate of drug-likeness (QED) is 0.852. The van der Waals surface area contributed by atoms with Gasteiger partial charge in [-0.05, 0) is 32.9 Å². The summed E-state index contributed by atoms with van der Waals surface area (Å²) < 4.78 is 29.5. The van der Waals surface area contributed by atoms with Crippen LogP contribution in [0, 0.1) is 6.92 Å². The fourth-order valence-electron chi connectivity index (χ4n) is 2.23. The topological polar surface area (TPSA) is 76.0 Å². The Hall–Kier alpha value is -1.38. The molecule has 2 aromatic rings. The molecule has 1 saturated carbocycles. The van der Waals surface area contributed by atoms with E-state index in [9.17, 15) is 8.42 Å². The summed E-state index contributed by atoms with van der Waals surface area (Å²) in [5.41, 5.74) is 1.81. The van der Waals surface area contributed by atoms with Crippen LogP contribution in [0.2, 0.25) is 0 Å². The molecule has 1 fully saturated rings. The van der Waals surface area contributed by atoms with Gasteiger partial charge in [0.05, 0.1) is 5.69 Å². The van der Waals surface area contributed by atoms with E-state index >= 15 is 0 Å². The first-order valence-electron chi connectivity index (χ1n) is 6.80. The third-order valence-electron chi connectivity index (χ3n) is 3.36. The minimum Gasteiger partial charge on any atom is -0.346 e. The van der Waals surface area contributed by atoms with Crippen LogP contribution >= 0.6 is 11.3 Å². The smallest absolute Gasteiger partial charge is 0.265 e. The third kappa shape index (κ3) is 3.12. The number of anilines is 1. The largest absolute Gasteiger partial charge is 0.346 e. The highest BCUT2D eigenvalue weighted by Gasteiger charge is 2.28. The minimum atomic E-state index is -3.58. The van der Waals surface area contributed by atoms with Gasteiger partial charge in [0.2, 0.25) is 0 Å². The van der Waals surface area contributed by atoms with Crippen molar-refractivity contribution in [3.63, 3.8) is 0 Å². The van der Waals surface area contributed by atoms with Crippen molar-refractivity contribution < 1.29 is 8.42 Å². The van der Waals surface area contributed by atoms with E-state index in [1.165, 1.54) is 11.3 Å². The van der Waals surface area contributed by atoms with Gasteiger partial charge in [-0.15, -0.1) is 11.3 Å². The molecule has 0 aromatic carbocycles. The fraction of sp³-hybridized carbons (Fsp3) is 0.462. The summed E-state index contributed by atoms with van der Waals surface area (Å²) in [4.78, 5) is 4.44. The van der Waals surface area contributed by atoms with Crippen LogP contribution in [0.1, 0.15) is 30.3 Å². The molecule has 8 heteroatoms. The second-order valence-electron chi connectivity index (χ2n) is 5.24. The minimum absolute atomic E-state index is 0.299. The molecule has 0 bridgehead atoms. The Morgan fingerprint density at radius 1 is 1.48 bits per heavy atom. The lowest BCUT2D eigenvalue weighted by Gasteiger charge is -2.05. The van der Waals surface area contributed by atoms with Gasteiger partial charge in [-0.25, -0.2) is 13.4 Å². The van der Waals surface area contributed by atoms with Crippen molar-refractivity contribution in [3.05, 3.63) is 29.0 Å². The highest BCUT2D eigenvalue weighted by atomic mass is 32.2. The average Bonchev–Trinajstić information content (AvgIpc) is 3.05. The summed E-state index contributed by atoms with van der Waals surface area (Å²) in [7, 11) is -1.72. The Morgan fingerprint density at radius 2 is 2.24 bits per heavy atom. The number of aryl methyl sites for hydroxylation is 1. The summed E-state index contributed by atoms with van der Waals surface area (Å²) in [6.45, 7) is 2.49. The second-order valence-corrected chi connectivity index (χ2v) is 7.78. The second kappa shape index (κ2) is 5.43. The summed E-state index contributed by atoms with van der Waals surface area (Å²) in [5, 5.41) is 5.30. The molecule has 1 aliphatic carbocycles. The predicted octanol–water partition coefficient (Wildman–Crippen LogP) is 2.11. The Bertz CT molecular complexity index is 744. The fourth-order valence-corrected chi connectivity index (χ4v) is 4.22. The maximum absolute atomic E-state index is 12.4. The van der Waals surface area contributed by atoms with Gasteiger partial charge in [0.1, 0.15) is 4.90 Å². The summed E-state index contributed by atoms with van der Waals surface area (Å²) in [6, 6.07) is 2.18. The third-order valence-corrected chi connectivity index (χ3v) is 5.67. The molecule has 2 N–H and O–H groups in total. The van der Waals surface area contributed by atoms with Gasteiger partial charge in [0.25, 0.3) is 10.0 Å². The van der Waals surface area contributed by atoms with Crippen LogP contribution in [0.15, 0.2) is 22.5 Å². The van der Waals surface area contributed by atoms with E-state index in [1.54, 1.807) is 12.3 Å². The van der Waals surface area contributed by atoms with Gasteiger partial charge in [-0.1, -0.05) is 0 Å². The number of nitrogens with zero attached hydrogens (tertiary/aromatic N) is 2. The molecule has 0 aliphatic heterocycles.